The quantitative estimate of drug-likeness (QED) is 0.892. The van der Waals surface area contributed by atoms with E-state index in [1.807, 2.05) is 0 Å². The van der Waals surface area contributed by atoms with Crippen LogP contribution in [0.3, 0.4) is 0 Å². The predicted molar refractivity (Wildman–Crippen MR) is 80.6 cm³/mol. The molecule has 6 heteroatoms. The molecule has 1 aliphatic rings. The summed E-state index contributed by atoms with van der Waals surface area (Å²) in [5.41, 5.74) is 1.38. The van der Waals surface area contributed by atoms with Gasteiger partial charge in [0.15, 0.2) is 5.82 Å². The van der Waals surface area contributed by atoms with Gasteiger partial charge in [0.05, 0.1) is 13.6 Å². The molecule has 0 saturated carbocycles. The summed E-state index contributed by atoms with van der Waals surface area (Å²) in [5.74, 6) is 0.796. The van der Waals surface area contributed by atoms with Gasteiger partial charge in [0.2, 0.25) is 0 Å². The van der Waals surface area contributed by atoms with E-state index >= 15 is 0 Å². The first-order valence-corrected chi connectivity index (χ1v) is 7.45. The predicted octanol–water partition coefficient (Wildman–Crippen LogP) is 0.615. The summed E-state index contributed by atoms with van der Waals surface area (Å²) >= 11 is 0. The lowest BCUT2D eigenvalue weighted by Crippen LogP contribution is -2.55. The van der Waals surface area contributed by atoms with Gasteiger partial charge in [-0.05, 0) is 24.1 Å². The van der Waals surface area contributed by atoms with Gasteiger partial charge < -0.3 is 5.32 Å². The highest BCUT2D eigenvalue weighted by Gasteiger charge is 2.26. The lowest BCUT2D eigenvalue weighted by atomic mass is 10.0. The summed E-state index contributed by atoms with van der Waals surface area (Å²) in [6.45, 7) is 5.01. The van der Waals surface area contributed by atoms with Crippen molar-refractivity contribution in [1.82, 2.24) is 30.4 Å². The molecule has 2 atom stereocenters. The summed E-state index contributed by atoms with van der Waals surface area (Å²) in [4.78, 5) is 3.95. The Morgan fingerprint density at radius 2 is 2.10 bits per heavy atom. The normalized spacial score (nSPS) is 23.3. The van der Waals surface area contributed by atoms with Crippen LogP contribution >= 0.6 is 0 Å². The summed E-state index contributed by atoms with van der Waals surface area (Å²) in [5, 5.41) is 15.9. The number of rotatable bonds is 4. The SMILES string of the molecule is CC1CNC(Cc2ccccc2)CN1Cc1nnn(C)n1. The van der Waals surface area contributed by atoms with E-state index in [0.29, 0.717) is 12.1 Å². The summed E-state index contributed by atoms with van der Waals surface area (Å²) < 4.78 is 0. The second-order valence-electron chi connectivity index (χ2n) is 5.77. The first-order chi connectivity index (χ1) is 10.2. The molecule has 1 aromatic carbocycles. The van der Waals surface area contributed by atoms with Gasteiger partial charge >= 0.3 is 0 Å². The third-order valence-corrected chi connectivity index (χ3v) is 4.00. The van der Waals surface area contributed by atoms with Gasteiger partial charge in [-0.1, -0.05) is 30.3 Å². The number of nitrogens with one attached hydrogen (secondary N) is 1. The van der Waals surface area contributed by atoms with Gasteiger partial charge in [0.1, 0.15) is 0 Å². The molecule has 112 valence electrons. The van der Waals surface area contributed by atoms with Crippen LogP contribution in [0.2, 0.25) is 0 Å². The fourth-order valence-corrected chi connectivity index (χ4v) is 2.82. The van der Waals surface area contributed by atoms with E-state index in [1.165, 1.54) is 10.4 Å². The Morgan fingerprint density at radius 3 is 2.81 bits per heavy atom. The average Bonchev–Trinajstić information content (AvgIpc) is 2.89. The van der Waals surface area contributed by atoms with Crippen molar-refractivity contribution in [2.75, 3.05) is 13.1 Å². The zero-order valence-corrected chi connectivity index (χ0v) is 12.6. The van der Waals surface area contributed by atoms with Crippen LogP contribution in [0.1, 0.15) is 18.3 Å². The largest absolute Gasteiger partial charge is 0.311 e. The number of aromatic nitrogens is 4. The first kappa shape index (κ1) is 14.2. The van der Waals surface area contributed by atoms with Gasteiger partial charge in [-0.15, -0.1) is 10.2 Å². The topological polar surface area (TPSA) is 58.9 Å². The van der Waals surface area contributed by atoms with E-state index in [0.717, 1.165) is 31.9 Å². The van der Waals surface area contributed by atoms with Crippen LogP contribution in [-0.4, -0.2) is 50.3 Å². The molecule has 1 aliphatic heterocycles. The molecule has 1 saturated heterocycles. The summed E-state index contributed by atoms with van der Waals surface area (Å²) in [6, 6.07) is 11.6. The standard InChI is InChI=1S/C15H22N6/c1-12-9-16-14(8-13-6-4-3-5-7-13)10-21(12)11-15-17-19-20(2)18-15/h3-7,12,14,16H,8-11H2,1-2H3. The van der Waals surface area contributed by atoms with Crippen molar-refractivity contribution in [3.05, 3.63) is 41.7 Å². The van der Waals surface area contributed by atoms with Crippen molar-refractivity contribution in [2.24, 2.45) is 7.05 Å². The molecule has 6 nitrogen and oxygen atoms in total. The molecule has 3 rings (SSSR count). The Balaban J connectivity index is 1.61. The third kappa shape index (κ3) is 3.65. The van der Waals surface area contributed by atoms with Gasteiger partial charge in [-0.2, -0.15) is 4.80 Å². The van der Waals surface area contributed by atoms with E-state index in [-0.39, 0.29) is 0 Å². The maximum atomic E-state index is 4.28. The zero-order valence-electron chi connectivity index (χ0n) is 12.6. The second kappa shape index (κ2) is 6.32. The molecule has 1 aromatic heterocycles. The minimum atomic E-state index is 0.472. The molecule has 0 spiro atoms. The van der Waals surface area contributed by atoms with Crippen LogP contribution in [0.5, 0.6) is 0 Å². The summed E-state index contributed by atoms with van der Waals surface area (Å²) in [7, 11) is 1.80. The number of tetrazole rings is 1. The van der Waals surface area contributed by atoms with Crippen molar-refractivity contribution < 1.29 is 0 Å². The van der Waals surface area contributed by atoms with E-state index in [2.05, 4.69) is 62.9 Å². The monoisotopic (exact) mass is 286 g/mol. The Kier molecular flexibility index (Phi) is 4.26. The highest BCUT2D eigenvalue weighted by Crippen LogP contribution is 2.13. The molecule has 1 N–H and O–H groups in total. The maximum absolute atomic E-state index is 4.28. The van der Waals surface area contributed by atoms with Crippen LogP contribution in [0.15, 0.2) is 30.3 Å². The van der Waals surface area contributed by atoms with Crippen LogP contribution in [-0.2, 0) is 20.0 Å². The molecule has 0 bridgehead atoms. The van der Waals surface area contributed by atoms with Gasteiger partial charge in [0.25, 0.3) is 0 Å². The second-order valence-corrected chi connectivity index (χ2v) is 5.77. The number of hydrogen-bond acceptors (Lipinski definition) is 5. The van der Waals surface area contributed by atoms with Gasteiger partial charge in [-0.3, -0.25) is 4.90 Å². The van der Waals surface area contributed by atoms with Crippen molar-refractivity contribution in [1.29, 1.82) is 0 Å². The zero-order chi connectivity index (χ0) is 14.7. The fourth-order valence-electron chi connectivity index (χ4n) is 2.82. The molecule has 2 aromatic rings. The third-order valence-electron chi connectivity index (χ3n) is 4.00. The summed E-state index contributed by atoms with van der Waals surface area (Å²) in [6.07, 6.45) is 1.05. The Morgan fingerprint density at radius 1 is 1.29 bits per heavy atom. The van der Waals surface area contributed by atoms with E-state index in [4.69, 9.17) is 0 Å². The molecular weight excluding hydrogens is 264 g/mol. The van der Waals surface area contributed by atoms with E-state index in [9.17, 15) is 0 Å². The molecule has 0 aliphatic carbocycles. The molecular formula is C15H22N6. The number of hydrogen-bond donors (Lipinski definition) is 1. The van der Waals surface area contributed by atoms with Crippen LogP contribution in [0.4, 0.5) is 0 Å². The molecule has 2 unspecified atom stereocenters. The Hall–Kier alpha value is -1.79. The van der Waals surface area contributed by atoms with E-state index in [1.54, 1.807) is 7.05 Å². The van der Waals surface area contributed by atoms with E-state index < -0.39 is 0 Å². The van der Waals surface area contributed by atoms with Crippen molar-refractivity contribution >= 4 is 0 Å². The smallest absolute Gasteiger partial charge is 0.188 e. The average molecular weight is 286 g/mol. The number of piperazine rings is 1. The first-order valence-electron chi connectivity index (χ1n) is 7.45. The molecule has 0 amide bonds. The Bertz CT molecular complexity index is 567. The lowest BCUT2D eigenvalue weighted by molar-refractivity contribution is 0.129. The van der Waals surface area contributed by atoms with Crippen molar-refractivity contribution in [2.45, 2.75) is 32.0 Å². The molecule has 2 heterocycles. The lowest BCUT2D eigenvalue weighted by Gasteiger charge is -2.38. The number of nitrogens with zero attached hydrogens (tertiary/aromatic N) is 5. The highest BCUT2D eigenvalue weighted by molar-refractivity contribution is 5.16. The fraction of sp³-hybridized carbons (Fsp3) is 0.533. The van der Waals surface area contributed by atoms with Crippen molar-refractivity contribution in [3.8, 4) is 0 Å². The minimum Gasteiger partial charge on any atom is -0.311 e. The highest BCUT2D eigenvalue weighted by atomic mass is 15.6. The minimum absolute atomic E-state index is 0.472. The van der Waals surface area contributed by atoms with Crippen LogP contribution < -0.4 is 5.32 Å². The van der Waals surface area contributed by atoms with Crippen LogP contribution in [0.25, 0.3) is 0 Å². The van der Waals surface area contributed by atoms with Crippen molar-refractivity contribution in [3.63, 3.8) is 0 Å². The molecule has 1 fully saturated rings. The number of aryl methyl sites for hydroxylation is 1. The van der Waals surface area contributed by atoms with Gasteiger partial charge in [-0.25, -0.2) is 0 Å². The molecule has 0 radical (unpaired) electrons. The van der Waals surface area contributed by atoms with Gasteiger partial charge in [0, 0.05) is 25.2 Å². The number of benzene rings is 1. The molecule has 21 heavy (non-hydrogen) atoms. The maximum Gasteiger partial charge on any atom is 0.188 e. The Labute approximate surface area is 125 Å². The van der Waals surface area contributed by atoms with Crippen LogP contribution in [0, 0.1) is 0 Å².